The Kier molecular flexibility index (Phi) is 8.16. The van der Waals surface area contributed by atoms with E-state index in [0.29, 0.717) is 6.07 Å². The standard InChI is InChI=1S/C23H25F4N3O4S/c1-15(31)28-21(13-16-5-2-3-8-20(16)24)22(32)29-18-9-11-30(12-10-18)35(33,34)19-7-4-6-17(14-19)23(25,26)27/h2-8,14,18,21H,9-13H2,1H3,(H,28,31)(H,29,32)/t21-/m1/s1. The van der Waals surface area contributed by atoms with Crippen LogP contribution in [0.15, 0.2) is 53.4 Å². The van der Waals surface area contributed by atoms with Gasteiger partial charge in [-0.25, -0.2) is 12.8 Å². The molecule has 0 aliphatic carbocycles. The monoisotopic (exact) mass is 515 g/mol. The van der Waals surface area contributed by atoms with Crippen LogP contribution in [0.5, 0.6) is 0 Å². The topological polar surface area (TPSA) is 95.6 Å². The van der Waals surface area contributed by atoms with Crippen LogP contribution in [0.1, 0.15) is 30.9 Å². The molecular formula is C23H25F4N3O4S. The number of amides is 2. The Bertz CT molecular complexity index is 1180. The van der Waals surface area contributed by atoms with Gasteiger partial charge in [-0.05, 0) is 42.7 Å². The molecule has 0 bridgehead atoms. The van der Waals surface area contributed by atoms with Crippen LogP contribution in [0.25, 0.3) is 0 Å². The highest BCUT2D eigenvalue weighted by molar-refractivity contribution is 7.89. The molecule has 2 aromatic carbocycles. The molecule has 2 amide bonds. The van der Waals surface area contributed by atoms with E-state index in [1.54, 1.807) is 6.07 Å². The number of benzene rings is 2. The van der Waals surface area contributed by atoms with Crippen LogP contribution in [0.3, 0.4) is 0 Å². The predicted molar refractivity (Wildman–Crippen MR) is 119 cm³/mol. The minimum absolute atomic E-state index is 0.0123. The number of carbonyl (C=O) groups is 2. The highest BCUT2D eigenvalue weighted by Crippen LogP contribution is 2.31. The first kappa shape index (κ1) is 26.6. The summed E-state index contributed by atoms with van der Waals surface area (Å²) in [6.45, 7) is 1.21. The van der Waals surface area contributed by atoms with Gasteiger partial charge in [0.25, 0.3) is 0 Å². The second-order valence-electron chi connectivity index (χ2n) is 8.26. The largest absolute Gasteiger partial charge is 0.416 e. The summed E-state index contributed by atoms with van der Waals surface area (Å²) in [5.74, 6) is -1.52. The minimum atomic E-state index is -4.67. The van der Waals surface area contributed by atoms with Crippen LogP contribution in [0.2, 0.25) is 0 Å². The number of hydrogen-bond donors (Lipinski definition) is 2. The van der Waals surface area contributed by atoms with Gasteiger partial charge < -0.3 is 10.6 Å². The van der Waals surface area contributed by atoms with Crippen molar-refractivity contribution in [3.8, 4) is 0 Å². The third kappa shape index (κ3) is 6.79. The second-order valence-corrected chi connectivity index (χ2v) is 10.2. The van der Waals surface area contributed by atoms with Crippen LogP contribution in [0.4, 0.5) is 17.6 Å². The molecule has 190 valence electrons. The van der Waals surface area contributed by atoms with Gasteiger partial charge in [0.15, 0.2) is 0 Å². The summed E-state index contributed by atoms with van der Waals surface area (Å²) < 4.78 is 79.7. The van der Waals surface area contributed by atoms with E-state index in [0.717, 1.165) is 22.5 Å². The summed E-state index contributed by atoms with van der Waals surface area (Å²) >= 11 is 0. The zero-order valence-corrected chi connectivity index (χ0v) is 19.6. The summed E-state index contributed by atoms with van der Waals surface area (Å²) in [6.07, 6.45) is -4.30. The lowest BCUT2D eigenvalue weighted by molar-refractivity contribution is -0.137. The molecule has 3 rings (SSSR count). The van der Waals surface area contributed by atoms with Crippen molar-refractivity contribution in [1.82, 2.24) is 14.9 Å². The number of alkyl halides is 3. The Morgan fingerprint density at radius 2 is 1.74 bits per heavy atom. The number of hydrogen-bond acceptors (Lipinski definition) is 4. The van der Waals surface area contributed by atoms with Gasteiger partial charge in [0.1, 0.15) is 11.9 Å². The van der Waals surface area contributed by atoms with Crippen LogP contribution in [0, 0.1) is 5.82 Å². The molecule has 1 saturated heterocycles. The maximum atomic E-state index is 14.0. The smallest absolute Gasteiger partial charge is 0.351 e. The highest BCUT2D eigenvalue weighted by Gasteiger charge is 2.35. The van der Waals surface area contributed by atoms with E-state index in [2.05, 4.69) is 10.6 Å². The first-order chi connectivity index (χ1) is 16.4. The van der Waals surface area contributed by atoms with E-state index in [4.69, 9.17) is 0 Å². The van der Waals surface area contributed by atoms with Gasteiger partial charge >= 0.3 is 6.18 Å². The molecular weight excluding hydrogens is 490 g/mol. The molecule has 1 aliphatic rings. The Morgan fingerprint density at radius 3 is 2.34 bits per heavy atom. The van der Waals surface area contributed by atoms with Crippen molar-refractivity contribution in [1.29, 1.82) is 0 Å². The molecule has 12 heteroatoms. The third-order valence-corrected chi connectivity index (χ3v) is 7.57. The summed E-state index contributed by atoms with van der Waals surface area (Å²) in [4.78, 5) is 23.9. The molecule has 1 heterocycles. The SMILES string of the molecule is CC(=O)N[C@H](Cc1ccccc1F)C(=O)NC1CCN(S(=O)(=O)c2cccc(C(F)(F)F)c2)CC1. The molecule has 35 heavy (non-hydrogen) atoms. The van der Waals surface area contributed by atoms with E-state index in [-0.39, 0.29) is 37.9 Å². The summed E-state index contributed by atoms with van der Waals surface area (Å²) in [5.41, 5.74) is -0.803. The maximum Gasteiger partial charge on any atom is 0.416 e. The number of halogens is 4. The number of sulfonamides is 1. The van der Waals surface area contributed by atoms with Crippen molar-refractivity contribution >= 4 is 21.8 Å². The van der Waals surface area contributed by atoms with Gasteiger partial charge in [0, 0.05) is 32.5 Å². The Labute approximate surface area is 200 Å². The Balaban J connectivity index is 1.64. The molecule has 0 unspecified atom stereocenters. The summed E-state index contributed by atoms with van der Waals surface area (Å²) in [5, 5.41) is 5.26. The average molecular weight is 516 g/mol. The van der Waals surface area contributed by atoms with E-state index in [9.17, 15) is 35.6 Å². The van der Waals surface area contributed by atoms with Gasteiger partial charge in [-0.2, -0.15) is 17.5 Å². The predicted octanol–water partition coefficient (Wildman–Crippen LogP) is 2.86. The normalized spacial score (nSPS) is 16.5. The first-order valence-corrected chi connectivity index (χ1v) is 12.3. The molecule has 0 aromatic heterocycles. The van der Waals surface area contributed by atoms with Crippen molar-refractivity contribution in [2.24, 2.45) is 0 Å². The van der Waals surface area contributed by atoms with Crippen molar-refractivity contribution < 1.29 is 35.6 Å². The summed E-state index contributed by atoms with van der Waals surface area (Å²) in [7, 11) is -4.15. The van der Waals surface area contributed by atoms with E-state index in [1.165, 1.54) is 25.1 Å². The molecule has 7 nitrogen and oxygen atoms in total. The number of carbonyl (C=O) groups excluding carboxylic acids is 2. The highest BCUT2D eigenvalue weighted by atomic mass is 32.2. The lowest BCUT2D eigenvalue weighted by Gasteiger charge is -2.32. The molecule has 0 spiro atoms. The number of nitrogens with one attached hydrogen (secondary N) is 2. The van der Waals surface area contributed by atoms with Gasteiger partial charge in [-0.3, -0.25) is 9.59 Å². The molecule has 0 radical (unpaired) electrons. The van der Waals surface area contributed by atoms with Crippen molar-refractivity contribution in [3.05, 3.63) is 65.5 Å². The van der Waals surface area contributed by atoms with Crippen LogP contribution in [-0.4, -0.2) is 49.7 Å². The fourth-order valence-electron chi connectivity index (χ4n) is 3.86. The van der Waals surface area contributed by atoms with Crippen LogP contribution >= 0.6 is 0 Å². The molecule has 1 aliphatic heterocycles. The minimum Gasteiger partial charge on any atom is -0.351 e. The number of nitrogens with zero attached hydrogens (tertiary/aromatic N) is 1. The summed E-state index contributed by atoms with van der Waals surface area (Å²) in [6, 6.07) is 7.98. The molecule has 2 N–H and O–H groups in total. The number of piperidine rings is 1. The van der Waals surface area contributed by atoms with E-state index < -0.39 is 56.4 Å². The fraction of sp³-hybridized carbons (Fsp3) is 0.391. The third-order valence-electron chi connectivity index (χ3n) is 5.68. The lowest BCUT2D eigenvalue weighted by atomic mass is 10.0. The lowest BCUT2D eigenvalue weighted by Crippen LogP contribution is -2.53. The molecule has 2 aromatic rings. The number of rotatable bonds is 7. The quantitative estimate of drug-likeness (QED) is 0.555. The van der Waals surface area contributed by atoms with Crippen LogP contribution in [-0.2, 0) is 32.2 Å². The second kappa shape index (κ2) is 10.7. The van der Waals surface area contributed by atoms with E-state index >= 15 is 0 Å². The Hall–Kier alpha value is -2.99. The van der Waals surface area contributed by atoms with Crippen LogP contribution < -0.4 is 10.6 Å². The zero-order valence-electron chi connectivity index (χ0n) is 18.8. The fourth-order valence-corrected chi connectivity index (χ4v) is 5.38. The molecule has 1 fully saturated rings. The maximum absolute atomic E-state index is 14.0. The zero-order chi connectivity index (χ0) is 25.8. The van der Waals surface area contributed by atoms with Gasteiger partial charge in [0.05, 0.1) is 10.5 Å². The van der Waals surface area contributed by atoms with Crippen molar-refractivity contribution in [3.63, 3.8) is 0 Å². The Morgan fingerprint density at radius 1 is 1.09 bits per heavy atom. The van der Waals surface area contributed by atoms with E-state index in [1.807, 2.05) is 0 Å². The van der Waals surface area contributed by atoms with Crippen molar-refractivity contribution in [2.75, 3.05) is 13.1 Å². The van der Waals surface area contributed by atoms with Gasteiger partial charge in [-0.1, -0.05) is 24.3 Å². The molecule has 1 atom stereocenters. The van der Waals surface area contributed by atoms with Gasteiger partial charge in [-0.15, -0.1) is 0 Å². The molecule has 0 saturated carbocycles. The first-order valence-electron chi connectivity index (χ1n) is 10.9. The van der Waals surface area contributed by atoms with Gasteiger partial charge in [0.2, 0.25) is 21.8 Å². The van der Waals surface area contributed by atoms with Crippen molar-refractivity contribution in [2.45, 2.75) is 49.3 Å². The average Bonchev–Trinajstić information content (AvgIpc) is 2.79.